The van der Waals surface area contributed by atoms with E-state index in [0.29, 0.717) is 11.5 Å². The fraction of sp³-hybridized carbons (Fsp3) is 0.0556. The highest BCUT2D eigenvalue weighted by atomic mass is 16.6. The van der Waals surface area contributed by atoms with Crippen molar-refractivity contribution < 1.29 is 9.63 Å². The van der Waals surface area contributed by atoms with E-state index in [1.165, 1.54) is 19.5 Å². The van der Waals surface area contributed by atoms with Crippen LogP contribution in [0.25, 0.3) is 0 Å². The summed E-state index contributed by atoms with van der Waals surface area (Å²) in [5, 5.41) is 0. The summed E-state index contributed by atoms with van der Waals surface area (Å²) in [6.45, 7) is 0. The molecule has 0 atom stereocenters. The smallest absolute Gasteiger partial charge is 0.277 e. The van der Waals surface area contributed by atoms with Crippen LogP contribution in [0, 0.1) is 0 Å². The van der Waals surface area contributed by atoms with Gasteiger partial charge in [0.25, 0.3) is 5.91 Å². The summed E-state index contributed by atoms with van der Waals surface area (Å²) in [5.41, 5.74) is 4.42. The number of carbonyl (C=O) groups excluding carboxylic acids is 1. The second kappa shape index (κ2) is 7.34. The molecule has 120 valence electrons. The van der Waals surface area contributed by atoms with Crippen LogP contribution < -0.4 is 10.4 Å². The number of carbonyl (C=O) groups is 1. The molecule has 0 saturated heterocycles. The maximum Gasteiger partial charge on any atom is 0.277 e. The molecule has 0 saturated carbocycles. The number of hydroxylamine groups is 1. The van der Waals surface area contributed by atoms with Gasteiger partial charge < -0.3 is 0 Å². The van der Waals surface area contributed by atoms with E-state index in [4.69, 9.17) is 0 Å². The third-order valence-corrected chi connectivity index (χ3v) is 3.32. The lowest BCUT2D eigenvalue weighted by Gasteiger charge is -2.22. The van der Waals surface area contributed by atoms with E-state index in [1.807, 2.05) is 65.6 Å². The number of hydrogen-bond donors (Lipinski definition) is 1. The lowest BCUT2D eigenvalue weighted by Crippen LogP contribution is -2.22. The quantitative estimate of drug-likeness (QED) is 0.731. The minimum atomic E-state index is -0.393. The van der Waals surface area contributed by atoms with Crippen molar-refractivity contribution in [1.82, 2.24) is 15.4 Å². The highest BCUT2D eigenvalue weighted by molar-refractivity contribution is 5.93. The Morgan fingerprint density at radius 3 is 1.88 bits per heavy atom. The van der Waals surface area contributed by atoms with E-state index >= 15 is 0 Å². The molecule has 1 N–H and O–H groups in total. The molecule has 6 nitrogen and oxygen atoms in total. The van der Waals surface area contributed by atoms with Gasteiger partial charge in [-0.2, -0.15) is 0 Å². The van der Waals surface area contributed by atoms with E-state index in [-0.39, 0.29) is 0 Å². The molecular weight excluding hydrogens is 304 g/mol. The second-order valence-electron chi connectivity index (χ2n) is 4.91. The number of anilines is 3. The molecule has 6 heteroatoms. The Labute approximate surface area is 139 Å². The molecule has 0 bridgehead atoms. The first-order chi connectivity index (χ1) is 11.8. The Morgan fingerprint density at radius 2 is 1.42 bits per heavy atom. The molecular formula is C18H16N4O2. The third kappa shape index (κ3) is 3.39. The van der Waals surface area contributed by atoms with Crippen molar-refractivity contribution in [2.24, 2.45) is 0 Å². The fourth-order valence-electron chi connectivity index (χ4n) is 2.24. The number of rotatable bonds is 5. The van der Waals surface area contributed by atoms with Crippen LogP contribution in [0.1, 0.15) is 10.4 Å². The first-order valence-corrected chi connectivity index (χ1v) is 7.35. The van der Waals surface area contributed by atoms with Crippen molar-refractivity contribution in [1.29, 1.82) is 0 Å². The minimum absolute atomic E-state index is 0.321. The average Bonchev–Trinajstić information content (AvgIpc) is 2.64. The van der Waals surface area contributed by atoms with Crippen molar-refractivity contribution >= 4 is 23.2 Å². The van der Waals surface area contributed by atoms with Crippen molar-refractivity contribution in [2.45, 2.75) is 0 Å². The monoisotopic (exact) mass is 320 g/mol. The van der Waals surface area contributed by atoms with Crippen LogP contribution in [0.4, 0.5) is 17.3 Å². The van der Waals surface area contributed by atoms with E-state index in [0.717, 1.165) is 11.4 Å². The second-order valence-corrected chi connectivity index (χ2v) is 4.91. The molecule has 2 aromatic carbocycles. The van der Waals surface area contributed by atoms with Crippen LogP contribution in [-0.4, -0.2) is 23.0 Å². The summed E-state index contributed by atoms with van der Waals surface area (Å²) in [6.07, 6.45) is 2.94. The number of para-hydroxylation sites is 2. The molecule has 0 radical (unpaired) electrons. The lowest BCUT2D eigenvalue weighted by atomic mass is 10.2. The van der Waals surface area contributed by atoms with Crippen LogP contribution in [0.5, 0.6) is 0 Å². The highest BCUT2D eigenvalue weighted by Crippen LogP contribution is 2.31. The van der Waals surface area contributed by atoms with Gasteiger partial charge in [-0.3, -0.25) is 14.5 Å². The van der Waals surface area contributed by atoms with Gasteiger partial charge in [0, 0.05) is 23.8 Å². The molecule has 0 unspecified atom stereocenters. The Morgan fingerprint density at radius 1 is 0.917 bits per heavy atom. The molecule has 24 heavy (non-hydrogen) atoms. The summed E-state index contributed by atoms with van der Waals surface area (Å²) < 4.78 is 0. The van der Waals surface area contributed by atoms with Gasteiger partial charge in [-0.25, -0.2) is 15.4 Å². The van der Waals surface area contributed by atoms with Crippen molar-refractivity contribution in [3.63, 3.8) is 0 Å². The number of amides is 1. The molecule has 1 amide bonds. The molecule has 3 aromatic rings. The van der Waals surface area contributed by atoms with Crippen molar-refractivity contribution in [2.75, 3.05) is 12.0 Å². The van der Waals surface area contributed by atoms with E-state index in [9.17, 15) is 4.79 Å². The van der Waals surface area contributed by atoms with Crippen molar-refractivity contribution in [3.05, 3.63) is 78.6 Å². The Balaban J connectivity index is 1.99. The summed E-state index contributed by atoms with van der Waals surface area (Å²) in [4.78, 5) is 26.9. The summed E-state index contributed by atoms with van der Waals surface area (Å²) in [5.74, 6) is 0.0800. The van der Waals surface area contributed by atoms with Gasteiger partial charge >= 0.3 is 0 Å². The molecule has 3 rings (SSSR count). The molecule has 0 fully saturated rings. The van der Waals surface area contributed by atoms with Crippen LogP contribution in [0.2, 0.25) is 0 Å². The van der Waals surface area contributed by atoms with Crippen LogP contribution in [0.3, 0.4) is 0 Å². The summed E-state index contributed by atoms with van der Waals surface area (Å²) in [7, 11) is 1.37. The fourth-order valence-corrected chi connectivity index (χ4v) is 2.24. The van der Waals surface area contributed by atoms with E-state index < -0.39 is 5.91 Å². The Bertz CT molecular complexity index is 753. The molecule has 0 spiro atoms. The number of nitrogens with one attached hydrogen (secondary N) is 1. The van der Waals surface area contributed by atoms with Gasteiger partial charge in [-0.05, 0) is 24.3 Å². The maximum absolute atomic E-state index is 11.7. The maximum atomic E-state index is 11.7. The van der Waals surface area contributed by atoms with Crippen LogP contribution >= 0.6 is 0 Å². The van der Waals surface area contributed by atoms with E-state index in [2.05, 4.69) is 20.3 Å². The summed E-state index contributed by atoms with van der Waals surface area (Å²) in [6, 6.07) is 19.6. The summed E-state index contributed by atoms with van der Waals surface area (Å²) >= 11 is 0. The standard InChI is InChI=1S/C18H16N4O2/c1-24-21-17(23)14-12-19-18(20-13-14)22(15-8-4-2-5-9-15)16-10-6-3-7-11-16/h2-13H,1H3,(H,21,23). The topological polar surface area (TPSA) is 67.3 Å². The molecule has 1 aromatic heterocycles. The van der Waals surface area contributed by atoms with Crippen LogP contribution in [-0.2, 0) is 4.84 Å². The van der Waals surface area contributed by atoms with Gasteiger partial charge in [0.2, 0.25) is 5.95 Å². The number of nitrogens with zero attached hydrogens (tertiary/aromatic N) is 3. The highest BCUT2D eigenvalue weighted by Gasteiger charge is 2.15. The van der Waals surface area contributed by atoms with Gasteiger partial charge in [-0.15, -0.1) is 0 Å². The molecule has 0 aliphatic carbocycles. The number of benzene rings is 2. The average molecular weight is 320 g/mol. The normalized spacial score (nSPS) is 10.2. The van der Waals surface area contributed by atoms with E-state index in [1.54, 1.807) is 0 Å². The SMILES string of the molecule is CONC(=O)c1cnc(N(c2ccccc2)c2ccccc2)nc1. The molecule has 0 aliphatic heterocycles. The van der Waals surface area contributed by atoms with Crippen molar-refractivity contribution in [3.8, 4) is 0 Å². The molecule has 0 aliphatic rings. The first-order valence-electron chi connectivity index (χ1n) is 7.35. The Hall–Kier alpha value is -3.25. The van der Waals surface area contributed by atoms with Gasteiger partial charge in [-0.1, -0.05) is 36.4 Å². The number of aromatic nitrogens is 2. The zero-order valence-electron chi connectivity index (χ0n) is 13.1. The zero-order chi connectivity index (χ0) is 16.8. The lowest BCUT2D eigenvalue weighted by molar-refractivity contribution is 0.0537. The molecule has 1 heterocycles. The largest absolute Gasteiger partial charge is 0.279 e. The predicted molar refractivity (Wildman–Crippen MR) is 91.2 cm³/mol. The Kier molecular flexibility index (Phi) is 4.78. The first kappa shape index (κ1) is 15.6. The third-order valence-electron chi connectivity index (χ3n) is 3.32. The van der Waals surface area contributed by atoms with Gasteiger partial charge in [0.1, 0.15) is 0 Å². The minimum Gasteiger partial charge on any atom is -0.279 e. The van der Waals surface area contributed by atoms with Gasteiger partial charge in [0.05, 0.1) is 12.7 Å². The van der Waals surface area contributed by atoms with Gasteiger partial charge in [0.15, 0.2) is 0 Å². The van der Waals surface area contributed by atoms with Crippen LogP contribution in [0.15, 0.2) is 73.1 Å². The zero-order valence-corrected chi connectivity index (χ0v) is 13.1. The number of hydrogen-bond acceptors (Lipinski definition) is 5. The predicted octanol–water partition coefficient (Wildman–Crippen LogP) is 3.24.